The summed E-state index contributed by atoms with van der Waals surface area (Å²) in [5.41, 5.74) is 4.30. The Morgan fingerprint density at radius 3 is 2.62 bits per heavy atom. The van der Waals surface area contributed by atoms with Gasteiger partial charge >= 0.3 is 0 Å². The average Bonchev–Trinajstić information content (AvgIpc) is 3.16. The van der Waals surface area contributed by atoms with Crippen molar-refractivity contribution in [1.82, 2.24) is 15.2 Å². The van der Waals surface area contributed by atoms with Gasteiger partial charge in [0, 0.05) is 11.4 Å². The van der Waals surface area contributed by atoms with Crippen LogP contribution in [0.25, 0.3) is 0 Å². The molecule has 7 heteroatoms. The molecule has 1 aliphatic heterocycles. The van der Waals surface area contributed by atoms with Crippen LogP contribution in [0.3, 0.4) is 0 Å². The van der Waals surface area contributed by atoms with E-state index in [0.717, 1.165) is 22.5 Å². The molecule has 0 saturated heterocycles. The number of carbonyl (C=O) groups excluding carboxylic acids is 1. The third kappa shape index (κ3) is 2.64. The zero-order valence-corrected chi connectivity index (χ0v) is 15.4. The lowest BCUT2D eigenvalue weighted by molar-refractivity contribution is 0.0973. The molecular formula is C19H19N5OS. The monoisotopic (exact) mass is 365 g/mol. The number of thiol groups is 1. The number of hydrogen-bond acceptors (Lipinski definition) is 5. The standard InChI is InChI=1S/C19H19N5OS/c1-11-6-3-4-9-14(11)24-18(16(26)17-20-10-21-23-17)22-13-8-5-7-12(2)15(13)19(24)25/h3-10,16,18,22,26H,1-2H3,(H,20,21,23). The molecule has 6 nitrogen and oxygen atoms in total. The molecule has 2 atom stereocenters. The molecule has 0 saturated carbocycles. The second-order valence-electron chi connectivity index (χ2n) is 6.36. The maximum atomic E-state index is 13.5. The fourth-order valence-corrected chi connectivity index (χ4v) is 3.69. The maximum absolute atomic E-state index is 13.5. The van der Waals surface area contributed by atoms with Crippen LogP contribution in [0.2, 0.25) is 0 Å². The van der Waals surface area contributed by atoms with Gasteiger partial charge < -0.3 is 5.32 Å². The number of benzene rings is 2. The molecule has 2 unspecified atom stereocenters. The number of rotatable bonds is 3. The summed E-state index contributed by atoms with van der Waals surface area (Å²) in [6.07, 6.45) is 1.04. The summed E-state index contributed by atoms with van der Waals surface area (Å²) in [4.78, 5) is 19.5. The number of amides is 1. The van der Waals surface area contributed by atoms with E-state index in [1.807, 2.05) is 56.3 Å². The molecule has 4 rings (SSSR count). The van der Waals surface area contributed by atoms with E-state index in [4.69, 9.17) is 12.6 Å². The predicted octanol–water partition coefficient (Wildman–Crippen LogP) is 3.49. The van der Waals surface area contributed by atoms with Crippen LogP contribution in [0.5, 0.6) is 0 Å². The summed E-state index contributed by atoms with van der Waals surface area (Å²) in [7, 11) is 0. The highest BCUT2D eigenvalue weighted by molar-refractivity contribution is 7.80. The van der Waals surface area contributed by atoms with Crippen molar-refractivity contribution in [3.63, 3.8) is 0 Å². The van der Waals surface area contributed by atoms with Crippen molar-refractivity contribution >= 4 is 29.9 Å². The molecule has 0 bridgehead atoms. The van der Waals surface area contributed by atoms with Crippen LogP contribution in [0.4, 0.5) is 11.4 Å². The Kier molecular flexibility index (Phi) is 4.16. The fraction of sp³-hybridized carbons (Fsp3) is 0.211. The second kappa shape index (κ2) is 6.49. The summed E-state index contributed by atoms with van der Waals surface area (Å²) in [6, 6.07) is 13.6. The highest BCUT2D eigenvalue weighted by atomic mass is 32.1. The van der Waals surface area contributed by atoms with Crippen LogP contribution in [0.15, 0.2) is 48.8 Å². The van der Waals surface area contributed by atoms with E-state index in [-0.39, 0.29) is 11.2 Å². The molecule has 2 aromatic carbocycles. The smallest absolute Gasteiger partial charge is 0.262 e. The summed E-state index contributed by atoms with van der Waals surface area (Å²) >= 11 is 4.74. The van der Waals surface area contributed by atoms with E-state index in [2.05, 4.69) is 20.5 Å². The van der Waals surface area contributed by atoms with Crippen LogP contribution in [-0.4, -0.2) is 27.3 Å². The van der Waals surface area contributed by atoms with Gasteiger partial charge in [0.1, 0.15) is 23.6 Å². The molecule has 26 heavy (non-hydrogen) atoms. The first-order chi connectivity index (χ1) is 12.6. The molecule has 1 aromatic heterocycles. The molecule has 1 aliphatic rings. The molecule has 1 amide bonds. The first kappa shape index (κ1) is 16.7. The van der Waals surface area contributed by atoms with Crippen molar-refractivity contribution in [3.05, 3.63) is 71.3 Å². The number of aromatic nitrogens is 3. The molecule has 3 aromatic rings. The maximum Gasteiger partial charge on any atom is 0.262 e. The first-order valence-electron chi connectivity index (χ1n) is 8.36. The van der Waals surface area contributed by atoms with E-state index in [1.165, 1.54) is 6.33 Å². The number of para-hydroxylation sites is 1. The third-order valence-electron chi connectivity index (χ3n) is 4.67. The van der Waals surface area contributed by atoms with Gasteiger partial charge in [-0.1, -0.05) is 30.3 Å². The fourth-order valence-electron chi connectivity index (χ4n) is 3.36. The van der Waals surface area contributed by atoms with E-state index in [9.17, 15) is 4.79 Å². The SMILES string of the molecule is Cc1ccccc1N1C(=O)c2c(C)cccc2NC1C(S)c1ncn[nH]1. The highest BCUT2D eigenvalue weighted by Crippen LogP contribution is 2.38. The number of anilines is 2. The van der Waals surface area contributed by atoms with Gasteiger partial charge in [0.05, 0.1) is 5.56 Å². The number of fused-ring (bicyclic) bond motifs is 1. The van der Waals surface area contributed by atoms with E-state index in [0.29, 0.717) is 11.4 Å². The van der Waals surface area contributed by atoms with Crippen molar-refractivity contribution in [2.24, 2.45) is 0 Å². The van der Waals surface area contributed by atoms with Gasteiger partial charge in [0.2, 0.25) is 0 Å². The molecule has 0 spiro atoms. The number of H-pyrrole nitrogens is 1. The zero-order valence-electron chi connectivity index (χ0n) is 14.5. The van der Waals surface area contributed by atoms with Crippen molar-refractivity contribution in [2.75, 3.05) is 10.2 Å². The quantitative estimate of drug-likeness (QED) is 0.621. The number of carbonyl (C=O) groups is 1. The van der Waals surface area contributed by atoms with Crippen molar-refractivity contribution in [3.8, 4) is 0 Å². The molecule has 2 N–H and O–H groups in total. The van der Waals surface area contributed by atoms with Crippen molar-refractivity contribution in [1.29, 1.82) is 0 Å². The minimum atomic E-state index is -0.408. The Bertz CT molecular complexity index is 956. The lowest BCUT2D eigenvalue weighted by Crippen LogP contribution is -2.52. The molecule has 0 radical (unpaired) electrons. The topological polar surface area (TPSA) is 73.9 Å². The van der Waals surface area contributed by atoms with Crippen LogP contribution in [0, 0.1) is 13.8 Å². The summed E-state index contributed by atoms with van der Waals surface area (Å²) < 4.78 is 0. The van der Waals surface area contributed by atoms with Gasteiger partial charge in [0.25, 0.3) is 5.91 Å². The minimum absolute atomic E-state index is 0.0466. The second-order valence-corrected chi connectivity index (χ2v) is 6.92. The van der Waals surface area contributed by atoms with Crippen LogP contribution >= 0.6 is 12.6 Å². The number of nitrogens with one attached hydrogen (secondary N) is 2. The highest BCUT2D eigenvalue weighted by Gasteiger charge is 2.39. The Hall–Kier alpha value is -2.80. The minimum Gasteiger partial charge on any atom is -0.363 e. The van der Waals surface area contributed by atoms with Crippen molar-refractivity contribution in [2.45, 2.75) is 25.3 Å². The van der Waals surface area contributed by atoms with Gasteiger partial charge in [-0.05, 0) is 37.1 Å². The molecule has 0 aliphatic carbocycles. The number of hydrogen-bond donors (Lipinski definition) is 3. The van der Waals surface area contributed by atoms with E-state index < -0.39 is 6.17 Å². The Morgan fingerprint density at radius 1 is 1.12 bits per heavy atom. The normalized spacial score (nSPS) is 17.6. The predicted molar refractivity (Wildman–Crippen MR) is 105 cm³/mol. The molecule has 2 heterocycles. The molecular weight excluding hydrogens is 346 g/mol. The first-order valence-corrected chi connectivity index (χ1v) is 8.88. The Morgan fingerprint density at radius 2 is 1.88 bits per heavy atom. The third-order valence-corrected chi connectivity index (χ3v) is 5.20. The van der Waals surface area contributed by atoms with E-state index in [1.54, 1.807) is 4.90 Å². The Balaban J connectivity index is 1.87. The van der Waals surface area contributed by atoms with Crippen molar-refractivity contribution < 1.29 is 4.79 Å². The largest absolute Gasteiger partial charge is 0.363 e. The summed E-state index contributed by atoms with van der Waals surface area (Å²) in [6.45, 7) is 3.94. The number of aromatic amines is 1. The van der Waals surface area contributed by atoms with Gasteiger partial charge in [-0.3, -0.25) is 14.8 Å². The van der Waals surface area contributed by atoms with Gasteiger partial charge in [0.15, 0.2) is 0 Å². The van der Waals surface area contributed by atoms with Gasteiger partial charge in [-0.2, -0.15) is 17.7 Å². The lowest BCUT2D eigenvalue weighted by Gasteiger charge is -2.41. The van der Waals surface area contributed by atoms with Crippen LogP contribution in [-0.2, 0) is 0 Å². The zero-order chi connectivity index (χ0) is 18.3. The summed E-state index contributed by atoms with van der Waals surface area (Å²) in [5.74, 6) is 0.558. The number of nitrogens with zero attached hydrogens (tertiary/aromatic N) is 3. The van der Waals surface area contributed by atoms with Crippen LogP contribution in [0.1, 0.15) is 32.6 Å². The number of aryl methyl sites for hydroxylation is 2. The summed E-state index contributed by atoms with van der Waals surface area (Å²) in [5, 5.41) is 9.86. The van der Waals surface area contributed by atoms with Crippen LogP contribution < -0.4 is 10.2 Å². The average molecular weight is 365 g/mol. The molecule has 0 fully saturated rings. The molecule has 132 valence electrons. The van der Waals surface area contributed by atoms with Gasteiger partial charge in [-0.25, -0.2) is 4.98 Å². The lowest BCUT2D eigenvalue weighted by atomic mass is 9.99. The van der Waals surface area contributed by atoms with Gasteiger partial charge in [-0.15, -0.1) is 0 Å². The van der Waals surface area contributed by atoms with E-state index >= 15 is 0 Å². The Labute approximate surface area is 157 Å².